The fraction of sp³-hybridized carbons (Fsp3) is 0.208. The summed E-state index contributed by atoms with van der Waals surface area (Å²) in [6.45, 7) is -0.534. The lowest BCUT2D eigenvalue weighted by Gasteiger charge is -2.25. The number of fused-ring (bicyclic) bond motifs is 2. The molecule has 6 nitrogen and oxygen atoms in total. The van der Waals surface area contributed by atoms with Crippen LogP contribution in [0, 0.1) is 11.6 Å². The Labute approximate surface area is 192 Å². The van der Waals surface area contributed by atoms with Gasteiger partial charge in [0.25, 0.3) is 5.91 Å². The Kier molecular flexibility index (Phi) is 5.20. The van der Waals surface area contributed by atoms with Gasteiger partial charge in [-0.15, -0.1) is 11.3 Å². The summed E-state index contributed by atoms with van der Waals surface area (Å²) in [6, 6.07) is 13.2. The van der Waals surface area contributed by atoms with E-state index in [2.05, 4.69) is 5.32 Å². The maximum atomic E-state index is 14.6. The largest absolute Gasteiger partial charge is 0.325 e. The van der Waals surface area contributed by atoms with Crippen molar-refractivity contribution in [1.82, 2.24) is 10.2 Å². The molecule has 0 radical (unpaired) electrons. The standard InChI is InChI=1S/C24H19F2N3O3S/c25-16-7-8-20(19(26)12-16)28(13-17-5-3-11-33-17)21(30)14-29-22(31)24(27-23(29)32)10-9-15-4-1-2-6-18(15)24/h1-8,11-12H,9-10,13-14H2,(H,27,32). The zero-order chi connectivity index (χ0) is 23.2. The van der Waals surface area contributed by atoms with Crippen molar-refractivity contribution in [3.63, 3.8) is 0 Å². The van der Waals surface area contributed by atoms with Crippen LogP contribution in [0.5, 0.6) is 0 Å². The van der Waals surface area contributed by atoms with Crippen LogP contribution in [0.15, 0.2) is 60.0 Å². The first-order chi connectivity index (χ1) is 15.9. The van der Waals surface area contributed by atoms with Crippen LogP contribution >= 0.6 is 11.3 Å². The number of benzene rings is 2. The zero-order valence-electron chi connectivity index (χ0n) is 17.4. The van der Waals surface area contributed by atoms with Crippen LogP contribution < -0.4 is 10.2 Å². The van der Waals surface area contributed by atoms with Gasteiger partial charge in [-0.1, -0.05) is 30.3 Å². The molecule has 9 heteroatoms. The monoisotopic (exact) mass is 467 g/mol. The van der Waals surface area contributed by atoms with E-state index >= 15 is 0 Å². The van der Waals surface area contributed by atoms with Crippen molar-refractivity contribution in [2.24, 2.45) is 0 Å². The maximum Gasteiger partial charge on any atom is 0.325 e. The quantitative estimate of drug-likeness (QED) is 0.578. The summed E-state index contributed by atoms with van der Waals surface area (Å²) in [7, 11) is 0. The maximum absolute atomic E-state index is 14.6. The van der Waals surface area contributed by atoms with Gasteiger partial charge in [0.1, 0.15) is 23.7 Å². The molecule has 4 amide bonds. The minimum absolute atomic E-state index is 0.0245. The number of nitrogens with one attached hydrogen (secondary N) is 1. The second-order valence-corrected chi connectivity index (χ2v) is 9.07. The molecule has 0 saturated carbocycles. The van der Waals surface area contributed by atoms with Gasteiger partial charge in [-0.3, -0.25) is 14.5 Å². The Balaban J connectivity index is 1.44. The third-order valence-corrected chi connectivity index (χ3v) is 6.97. The molecule has 5 rings (SSSR count). The van der Waals surface area contributed by atoms with Crippen LogP contribution in [-0.4, -0.2) is 29.3 Å². The molecule has 1 saturated heterocycles. The highest BCUT2D eigenvalue weighted by Gasteiger charge is 2.55. The molecule has 1 N–H and O–H groups in total. The molecule has 2 aromatic carbocycles. The summed E-state index contributed by atoms with van der Waals surface area (Å²) in [4.78, 5) is 42.2. The fourth-order valence-electron chi connectivity index (χ4n) is 4.52. The van der Waals surface area contributed by atoms with Gasteiger partial charge in [-0.25, -0.2) is 13.6 Å². The third kappa shape index (κ3) is 3.58. The Morgan fingerprint density at radius 2 is 1.94 bits per heavy atom. The summed E-state index contributed by atoms with van der Waals surface area (Å²) in [6.07, 6.45) is 1.04. The molecule has 2 heterocycles. The average molecular weight is 467 g/mol. The minimum Gasteiger partial charge on any atom is -0.319 e. The number of amides is 4. The number of aryl methyl sites for hydroxylation is 1. The Morgan fingerprint density at radius 1 is 1.12 bits per heavy atom. The van der Waals surface area contributed by atoms with E-state index in [1.165, 1.54) is 17.4 Å². The second-order valence-electron chi connectivity index (χ2n) is 8.04. The summed E-state index contributed by atoms with van der Waals surface area (Å²) in [5, 5.41) is 4.60. The first kappa shape index (κ1) is 21.3. The Hall–Kier alpha value is -3.59. The number of carbonyl (C=O) groups is 3. The average Bonchev–Trinajstić information content (AvgIpc) is 3.49. The van der Waals surface area contributed by atoms with E-state index in [-0.39, 0.29) is 12.2 Å². The molecule has 3 aromatic rings. The first-order valence-electron chi connectivity index (χ1n) is 10.4. The normalized spacial score (nSPS) is 19.2. The van der Waals surface area contributed by atoms with E-state index in [1.807, 2.05) is 23.6 Å². The van der Waals surface area contributed by atoms with Gasteiger partial charge in [0.2, 0.25) is 5.91 Å². The SMILES string of the molecule is O=C1NC2(CCc3ccccc32)C(=O)N1CC(=O)N(Cc1cccs1)c1ccc(F)cc1F. The Bertz CT molecular complexity index is 1260. The lowest BCUT2D eigenvalue weighted by Crippen LogP contribution is -2.45. The van der Waals surface area contributed by atoms with Gasteiger partial charge in [0.15, 0.2) is 0 Å². The van der Waals surface area contributed by atoms with Gasteiger partial charge in [-0.2, -0.15) is 0 Å². The highest BCUT2D eigenvalue weighted by molar-refractivity contribution is 7.09. The van der Waals surface area contributed by atoms with Gasteiger partial charge in [0, 0.05) is 10.9 Å². The fourth-order valence-corrected chi connectivity index (χ4v) is 5.21. The van der Waals surface area contributed by atoms with E-state index in [0.29, 0.717) is 18.9 Å². The molecule has 1 aliphatic carbocycles. The molecule has 1 fully saturated rings. The van der Waals surface area contributed by atoms with Crippen LogP contribution in [0.4, 0.5) is 19.3 Å². The van der Waals surface area contributed by atoms with E-state index in [0.717, 1.165) is 31.9 Å². The number of nitrogens with zero attached hydrogens (tertiary/aromatic N) is 2. The smallest absolute Gasteiger partial charge is 0.319 e. The summed E-state index contributed by atoms with van der Waals surface area (Å²) in [5.74, 6) is -2.82. The summed E-state index contributed by atoms with van der Waals surface area (Å²) >= 11 is 1.37. The van der Waals surface area contributed by atoms with Crippen molar-refractivity contribution < 1.29 is 23.2 Å². The molecule has 1 aliphatic heterocycles. The number of anilines is 1. The number of thiophene rings is 1. The summed E-state index contributed by atoms with van der Waals surface area (Å²) in [5.41, 5.74) is 0.404. The minimum atomic E-state index is -1.19. The van der Waals surface area contributed by atoms with Crippen molar-refractivity contribution >= 4 is 34.9 Å². The highest BCUT2D eigenvalue weighted by Crippen LogP contribution is 2.41. The van der Waals surface area contributed by atoms with Crippen LogP contribution in [0.25, 0.3) is 0 Å². The number of carbonyl (C=O) groups excluding carboxylic acids is 3. The number of rotatable bonds is 5. The van der Waals surface area contributed by atoms with Crippen LogP contribution in [0.3, 0.4) is 0 Å². The van der Waals surface area contributed by atoms with E-state index in [4.69, 9.17) is 0 Å². The lowest BCUT2D eigenvalue weighted by molar-refractivity contribution is -0.134. The predicted octanol–water partition coefficient (Wildman–Crippen LogP) is 3.95. The molecule has 1 aromatic heterocycles. The van der Waals surface area contributed by atoms with Crippen molar-refractivity contribution in [3.05, 3.63) is 87.6 Å². The van der Waals surface area contributed by atoms with E-state index < -0.39 is 41.6 Å². The lowest BCUT2D eigenvalue weighted by atomic mass is 9.92. The van der Waals surface area contributed by atoms with Gasteiger partial charge in [0.05, 0.1) is 12.2 Å². The topological polar surface area (TPSA) is 69.7 Å². The molecule has 2 aliphatic rings. The molecule has 1 atom stereocenters. The van der Waals surface area contributed by atoms with Gasteiger partial charge < -0.3 is 10.2 Å². The third-order valence-electron chi connectivity index (χ3n) is 6.11. The zero-order valence-corrected chi connectivity index (χ0v) is 18.2. The van der Waals surface area contributed by atoms with Gasteiger partial charge in [-0.05, 0) is 47.5 Å². The molecule has 1 unspecified atom stereocenters. The summed E-state index contributed by atoms with van der Waals surface area (Å²) < 4.78 is 28.0. The Morgan fingerprint density at radius 3 is 2.70 bits per heavy atom. The predicted molar refractivity (Wildman–Crippen MR) is 119 cm³/mol. The van der Waals surface area contributed by atoms with Crippen molar-refractivity contribution in [2.75, 3.05) is 11.4 Å². The molecule has 33 heavy (non-hydrogen) atoms. The van der Waals surface area contributed by atoms with Crippen LogP contribution in [-0.2, 0) is 28.1 Å². The van der Waals surface area contributed by atoms with E-state index in [1.54, 1.807) is 18.2 Å². The second kappa shape index (κ2) is 8.08. The van der Waals surface area contributed by atoms with Crippen LogP contribution in [0.2, 0.25) is 0 Å². The molecule has 168 valence electrons. The highest BCUT2D eigenvalue weighted by atomic mass is 32.1. The first-order valence-corrected chi connectivity index (χ1v) is 11.3. The molecular formula is C24H19F2N3O3S. The van der Waals surface area contributed by atoms with Crippen molar-refractivity contribution in [1.29, 1.82) is 0 Å². The van der Waals surface area contributed by atoms with E-state index in [9.17, 15) is 23.2 Å². The number of hydrogen-bond donors (Lipinski definition) is 1. The molecular weight excluding hydrogens is 448 g/mol. The van der Waals surface area contributed by atoms with Crippen LogP contribution in [0.1, 0.15) is 22.4 Å². The van der Waals surface area contributed by atoms with Gasteiger partial charge >= 0.3 is 6.03 Å². The number of imide groups is 1. The number of urea groups is 1. The number of hydrogen-bond acceptors (Lipinski definition) is 4. The molecule has 1 spiro atoms. The van der Waals surface area contributed by atoms with Crippen molar-refractivity contribution in [3.8, 4) is 0 Å². The van der Waals surface area contributed by atoms with Crippen molar-refractivity contribution in [2.45, 2.75) is 24.9 Å². The molecule has 0 bridgehead atoms. The number of halogens is 2.